The maximum atomic E-state index is 13.0. The molecule has 0 saturated heterocycles. The number of aromatic nitrogens is 3. The summed E-state index contributed by atoms with van der Waals surface area (Å²) < 4.78 is 7.50. The SMILES string of the molecule is CCC(C#N)c1cccc(C(=O)Nc2cc(Oc3ccc4nc(NC(=O)C5CC5)cn4n3)ccc2C)c1. The third-order valence-electron chi connectivity index (χ3n) is 6.29. The van der Waals surface area contributed by atoms with Gasteiger partial charge in [0.25, 0.3) is 5.91 Å². The number of ether oxygens (including phenoxy) is 1. The molecule has 9 heteroatoms. The fraction of sp³-hybridized carbons (Fsp3) is 0.250. The molecule has 0 aliphatic heterocycles. The summed E-state index contributed by atoms with van der Waals surface area (Å²) in [5.41, 5.74) is 3.36. The monoisotopic (exact) mass is 494 g/mol. The molecule has 2 heterocycles. The van der Waals surface area contributed by atoms with Gasteiger partial charge in [0, 0.05) is 29.3 Å². The minimum atomic E-state index is -0.270. The molecule has 5 rings (SSSR count). The molecule has 9 nitrogen and oxygen atoms in total. The average molecular weight is 495 g/mol. The summed E-state index contributed by atoms with van der Waals surface area (Å²) in [6.45, 7) is 3.84. The Morgan fingerprint density at radius 2 is 2.00 bits per heavy atom. The van der Waals surface area contributed by atoms with Gasteiger partial charge in [-0.25, -0.2) is 9.50 Å². The molecule has 1 unspecified atom stereocenters. The third-order valence-corrected chi connectivity index (χ3v) is 6.29. The van der Waals surface area contributed by atoms with E-state index in [1.54, 1.807) is 53.2 Å². The van der Waals surface area contributed by atoms with Crippen molar-refractivity contribution in [3.8, 4) is 17.7 Å². The minimum Gasteiger partial charge on any atom is -0.438 e. The molecule has 37 heavy (non-hydrogen) atoms. The molecule has 1 saturated carbocycles. The Morgan fingerprint density at radius 3 is 2.76 bits per heavy atom. The van der Waals surface area contributed by atoms with E-state index in [2.05, 4.69) is 26.8 Å². The number of aryl methyl sites for hydroxylation is 1. The first-order chi connectivity index (χ1) is 17.9. The number of imidazole rings is 1. The lowest BCUT2D eigenvalue weighted by Crippen LogP contribution is -2.13. The van der Waals surface area contributed by atoms with Crippen LogP contribution in [0.25, 0.3) is 5.65 Å². The number of carbonyl (C=O) groups is 2. The average Bonchev–Trinajstić information content (AvgIpc) is 3.68. The number of benzene rings is 2. The fourth-order valence-electron chi connectivity index (χ4n) is 3.97. The van der Waals surface area contributed by atoms with Crippen LogP contribution in [0.5, 0.6) is 11.6 Å². The molecule has 0 radical (unpaired) electrons. The van der Waals surface area contributed by atoms with Crippen LogP contribution in [-0.2, 0) is 4.79 Å². The number of nitrogens with zero attached hydrogens (tertiary/aromatic N) is 4. The summed E-state index contributed by atoms with van der Waals surface area (Å²) in [5.74, 6) is 0.829. The Morgan fingerprint density at radius 1 is 1.16 bits per heavy atom. The van der Waals surface area contributed by atoms with Crippen molar-refractivity contribution < 1.29 is 14.3 Å². The van der Waals surface area contributed by atoms with Crippen molar-refractivity contribution in [2.45, 2.75) is 39.0 Å². The molecular weight excluding hydrogens is 468 g/mol. The second-order valence-electron chi connectivity index (χ2n) is 9.11. The van der Waals surface area contributed by atoms with Gasteiger partial charge in [0.15, 0.2) is 11.5 Å². The lowest BCUT2D eigenvalue weighted by Gasteiger charge is -2.12. The topological polar surface area (TPSA) is 121 Å². The predicted octanol–water partition coefficient (Wildman–Crippen LogP) is 5.45. The summed E-state index contributed by atoms with van der Waals surface area (Å²) in [6.07, 6.45) is 4.16. The summed E-state index contributed by atoms with van der Waals surface area (Å²) in [5, 5.41) is 19.5. The number of nitrogens with one attached hydrogen (secondary N) is 2. The lowest BCUT2D eigenvalue weighted by molar-refractivity contribution is -0.117. The lowest BCUT2D eigenvalue weighted by atomic mass is 9.96. The van der Waals surface area contributed by atoms with Crippen molar-refractivity contribution in [2.75, 3.05) is 10.6 Å². The van der Waals surface area contributed by atoms with Gasteiger partial charge in [0.2, 0.25) is 11.8 Å². The van der Waals surface area contributed by atoms with Gasteiger partial charge >= 0.3 is 0 Å². The molecule has 2 N–H and O–H groups in total. The van der Waals surface area contributed by atoms with Gasteiger partial charge in [0.05, 0.1) is 18.2 Å². The van der Waals surface area contributed by atoms with Crippen LogP contribution in [0.15, 0.2) is 60.8 Å². The van der Waals surface area contributed by atoms with Crippen LogP contribution in [-0.4, -0.2) is 26.4 Å². The van der Waals surface area contributed by atoms with E-state index in [9.17, 15) is 14.9 Å². The Kier molecular flexibility index (Phi) is 6.56. The smallest absolute Gasteiger partial charge is 0.255 e. The van der Waals surface area contributed by atoms with Crippen molar-refractivity contribution >= 4 is 29.0 Å². The maximum Gasteiger partial charge on any atom is 0.255 e. The minimum absolute atomic E-state index is 0.0175. The summed E-state index contributed by atoms with van der Waals surface area (Å²) in [7, 11) is 0. The van der Waals surface area contributed by atoms with E-state index < -0.39 is 0 Å². The molecule has 1 aliphatic rings. The van der Waals surface area contributed by atoms with E-state index >= 15 is 0 Å². The third kappa shape index (κ3) is 5.43. The van der Waals surface area contributed by atoms with E-state index in [0.29, 0.717) is 40.8 Å². The van der Waals surface area contributed by atoms with Crippen molar-refractivity contribution in [1.82, 2.24) is 14.6 Å². The quantitative estimate of drug-likeness (QED) is 0.336. The van der Waals surface area contributed by atoms with Gasteiger partial charge in [-0.2, -0.15) is 5.26 Å². The number of hydrogen-bond donors (Lipinski definition) is 2. The zero-order valence-corrected chi connectivity index (χ0v) is 20.6. The van der Waals surface area contributed by atoms with Crippen LogP contribution < -0.4 is 15.4 Å². The number of amides is 2. The Labute approximate surface area is 214 Å². The van der Waals surface area contributed by atoms with Gasteiger partial charge < -0.3 is 15.4 Å². The number of fused-ring (bicyclic) bond motifs is 1. The highest BCUT2D eigenvalue weighted by molar-refractivity contribution is 6.04. The Balaban J connectivity index is 1.31. The molecule has 1 aliphatic carbocycles. The molecule has 2 aromatic carbocycles. The molecule has 186 valence electrons. The highest BCUT2D eigenvalue weighted by Gasteiger charge is 2.30. The molecule has 1 fully saturated rings. The van der Waals surface area contributed by atoms with E-state index in [0.717, 1.165) is 24.0 Å². The van der Waals surface area contributed by atoms with Crippen molar-refractivity contribution in [3.05, 3.63) is 77.5 Å². The zero-order chi connectivity index (χ0) is 25.9. The standard InChI is InChI=1S/C28H26N6O3/c1-3-18(15-29)20-5-4-6-21(13-20)28(36)30-23-14-22(10-7-17(23)2)37-26-12-11-25-31-24(16-34(25)33-26)32-27(35)19-8-9-19/h4-7,10-14,16,18-19H,3,8-9H2,1-2H3,(H,30,36)(H,32,35). The van der Waals surface area contributed by atoms with Crippen LogP contribution in [0.3, 0.4) is 0 Å². The second-order valence-corrected chi connectivity index (χ2v) is 9.11. The van der Waals surface area contributed by atoms with Crippen LogP contribution in [0.2, 0.25) is 0 Å². The molecule has 2 aromatic heterocycles. The Hall–Kier alpha value is -4.71. The first-order valence-electron chi connectivity index (χ1n) is 12.2. The Bertz CT molecular complexity index is 1530. The first-order valence-corrected chi connectivity index (χ1v) is 12.2. The van der Waals surface area contributed by atoms with E-state index in [1.807, 2.05) is 26.0 Å². The fourth-order valence-corrected chi connectivity index (χ4v) is 3.97. The van der Waals surface area contributed by atoms with Crippen LogP contribution >= 0.6 is 0 Å². The molecular formula is C28H26N6O3. The van der Waals surface area contributed by atoms with Gasteiger partial charge in [0.1, 0.15) is 5.75 Å². The molecule has 4 aromatic rings. The van der Waals surface area contributed by atoms with Gasteiger partial charge in [-0.1, -0.05) is 25.1 Å². The van der Waals surface area contributed by atoms with Crippen molar-refractivity contribution in [3.63, 3.8) is 0 Å². The van der Waals surface area contributed by atoms with Gasteiger partial charge in [-0.3, -0.25) is 9.59 Å². The predicted molar refractivity (Wildman–Crippen MR) is 139 cm³/mol. The highest BCUT2D eigenvalue weighted by Crippen LogP contribution is 2.30. The van der Waals surface area contributed by atoms with Crippen LogP contribution in [0.4, 0.5) is 11.5 Å². The van der Waals surface area contributed by atoms with E-state index in [1.165, 1.54) is 0 Å². The number of hydrogen-bond acceptors (Lipinski definition) is 6. The van der Waals surface area contributed by atoms with Gasteiger partial charge in [-0.05, 0) is 61.6 Å². The van der Waals surface area contributed by atoms with Crippen LogP contribution in [0.1, 0.15) is 53.6 Å². The highest BCUT2D eigenvalue weighted by atomic mass is 16.5. The van der Waals surface area contributed by atoms with Crippen LogP contribution in [0, 0.1) is 24.2 Å². The number of rotatable bonds is 8. The number of carbonyl (C=O) groups excluding carboxylic acids is 2. The molecule has 0 bridgehead atoms. The second kappa shape index (κ2) is 10.1. The number of anilines is 2. The van der Waals surface area contributed by atoms with E-state index in [-0.39, 0.29) is 23.7 Å². The van der Waals surface area contributed by atoms with Gasteiger partial charge in [-0.15, -0.1) is 5.10 Å². The zero-order valence-electron chi connectivity index (χ0n) is 20.6. The largest absolute Gasteiger partial charge is 0.438 e. The summed E-state index contributed by atoms with van der Waals surface area (Å²) >= 11 is 0. The maximum absolute atomic E-state index is 13.0. The summed E-state index contributed by atoms with van der Waals surface area (Å²) in [4.78, 5) is 29.4. The molecule has 0 spiro atoms. The number of nitriles is 1. The summed E-state index contributed by atoms with van der Waals surface area (Å²) in [6, 6.07) is 18.2. The van der Waals surface area contributed by atoms with Crippen molar-refractivity contribution in [1.29, 1.82) is 5.26 Å². The molecule has 2 amide bonds. The normalized spacial score (nSPS) is 13.5. The van der Waals surface area contributed by atoms with E-state index in [4.69, 9.17) is 4.74 Å². The van der Waals surface area contributed by atoms with Crippen molar-refractivity contribution in [2.24, 2.45) is 5.92 Å². The molecule has 1 atom stereocenters. The first kappa shape index (κ1) is 24.0.